The van der Waals surface area contributed by atoms with Crippen molar-refractivity contribution in [2.75, 3.05) is 4.90 Å². The molecule has 0 bridgehead atoms. The van der Waals surface area contributed by atoms with Crippen LogP contribution in [0.5, 0.6) is 5.75 Å². The van der Waals surface area contributed by atoms with Crippen molar-refractivity contribution in [1.29, 1.82) is 0 Å². The molecule has 0 atom stereocenters. The summed E-state index contributed by atoms with van der Waals surface area (Å²) in [7, 11) is 0. The molecule has 0 spiro atoms. The fourth-order valence-corrected chi connectivity index (χ4v) is 2.85. The topological polar surface area (TPSA) is 70.5 Å². The van der Waals surface area contributed by atoms with Crippen LogP contribution in [0.15, 0.2) is 42.5 Å². The summed E-state index contributed by atoms with van der Waals surface area (Å²) < 4.78 is 13.5. The number of aromatic hydroxyl groups is 1. The predicted octanol–water partition coefficient (Wildman–Crippen LogP) is 3.53. The minimum atomic E-state index is -0.654. The van der Waals surface area contributed by atoms with Crippen LogP contribution in [0.25, 0.3) is 10.9 Å². The van der Waals surface area contributed by atoms with Gasteiger partial charge in [0.15, 0.2) is 11.6 Å². The lowest BCUT2D eigenvalue weighted by Gasteiger charge is -2.15. The van der Waals surface area contributed by atoms with Crippen molar-refractivity contribution in [2.45, 2.75) is 0 Å². The van der Waals surface area contributed by atoms with Crippen LogP contribution in [0.2, 0.25) is 5.02 Å². The zero-order chi connectivity index (χ0) is 17.0. The quantitative estimate of drug-likeness (QED) is 0.687. The maximum Gasteiger partial charge on any atom is 0.267 e. The molecule has 0 radical (unpaired) electrons. The van der Waals surface area contributed by atoms with E-state index in [4.69, 9.17) is 11.6 Å². The second-order valence-corrected chi connectivity index (χ2v) is 5.69. The zero-order valence-electron chi connectivity index (χ0n) is 12.0. The normalized spacial score (nSPS) is 13.7. The van der Waals surface area contributed by atoms with Crippen LogP contribution in [0.4, 0.5) is 10.2 Å². The average Bonchev–Trinajstić information content (AvgIpc) is 2.81. The van der Waals surface area contributed by atoms with Crippen LogP contribution in [-0.2, 0) is 0 Å². The van der Waals surface area contributed by atoms with Crippen LogP contribution in [0.3, 0.4) is 0 Å². The van der Waals surface area contributed by atoms with Gasteiger partial charge in [0.25, 0.3) is 11.8 Å². The molecule has 0 unspecified atom stereocenters. The first-order chi connectivity index (χ1) is 11.5. The van der Waals surface area contributed by atoms with E-state index in [0.29, 0.717) is 5.39 Å². The number of imide groups is 1. The Kier molecular flexibility index (Phi) is 3.04. The van der Waals surface area contributed by atoms with E-state index < -0.39 is 23.4 Å². The molecule has 3 aromatic rings. The molecule has 5 nitrogen and oxygen atoms in total. The van der Waals surface area contributed by atoms with Crippen molar-refractivity contribution in [2.24, 2.45) is 0 Å². The van der Waals surface area contributed by atoms with E-state index in [0.717, 1.165) is 11.0 Å². The number of halogens is 2. The van der Waals surface area contributed by atoms with Gasteiger partial charge in [-0.25, -0.2) is 14.3 Å². The smallest absolute Gasteiger partial charge is 0.267 e. The van der Waals surface area contributed by atoms with E-state index in [1.807, 2.05) is 0 Å². The summed E-state index contributed by atoms with van der Waals surface area (Å²) in [5.74, 6) is -2.43. The first-order valence-electron chi connectivity index (χ1n) is 6.94. The summed E-state index contributed by atoms with van der Waals surface area (Å²) in [5, 5.41) is 10.3. The number of fused-ring (bicyclic) bond motifs is 2. The summed E-state index contributed by atoms with van der Waals surface area (Å²) in [4.78, 5) is 29.9. The second kappa shape index (κ2) is 5.01. The van der Waals surface area contributed by atoms with E-state index in [-0.39, 0.29) is 27.5 Å². The van der Waals surface area contributed by atoms with Crippen LogP contribution >= 0.6 is 11.6 Å². The molecule has 0 fully saturated rings. The number of rotatable bonds is 1. The molecule has 1 N–H and O–H groups in total. The van der Waals surface area contributed by atoms with Gasteiger partial charge in [0.05, 0.1) is 21.7 Å². The lowest BCUT2D eigenvalue weighted by atomic mass is 10.1. The van der Waals surface area contributed by atoms with Crippen molar-refractivity contribution in [1.82, 2.24) is 4.98 Å². The molecule has 2 heterocycles. The number of hydrogen-bond donors (Lipinski definition) is 1. The third kappa shape index (κ3) is 1.97. The Morgan fingerprint density at radius 2 is 1.67 bits per heavy atom. The number of aromatic nitrogens is 1. The molecular weight excluding hydrogens is 335 g/mol. The highest BCUT2D eigenvalue weighted by molar-refractivity contribution is 6.34. The standard InChI is InChI=1S/C17H8ClFN2O3/c18-11-7-13-8(5-12(11)19)6-14(22)15(20-13)21-16(23)9-3-1-2-4-10(9)17(21)24/h1-7,22H. The molecule has 24 heavy (non-hydrogen) atoms. The minimum Gasteiger partial charge on any atom is -0.504 e. The Hall–Kier alpha value is -2.99. The number of nitrogens with zero attached hydrogens (tertiary/aromatic N) is 2. The van der Waals surface area contributed by atoms with Gasteiger partial charge in [-0.3, -0.25) is 9.59 Å². The molecule has 2 aromatic carbocycles. The van der Waals surface area contributed by atoms with Crippen LogP contribution < -0.4 is 4.90 Å². The summed E-state index contributed by atoms with van der Waals surface area (Å²) >= 11 is 5.74. The fourth-order valence-electron chi connectivity index (χ4n) is 2.69. The maximum absolute atomic E-state index is 13.5. The number of amides is 2. The highest BCUT2D eigenvalue weighted by Gasteiger charge is 2.38. The van der Waals surface area contributed by atoms with Gasteiger partial charge in [0.1, 0.15) is 5.82 Å². The summed E-state index contributed by atoms with van der Waals surface area (Å²) in [6, 6.07) is 9.97. The van der Waals surface area contributed by atoms with Gasteiger partial charge in [0, 0.05) is 5.39 Å². The third-order valence-corrected chi connectivity index (χ3v) is 4.11. The third-order valence-electron chi connectivity index (χ3n) is 3.82. The molecule has 0 aliphatic carbocycles. The average molecular weight is 343 g/mol. The first kappa shape index (κ1) is 14.6. The Labute approximate surface area is 139 Å². The number of benzene rings is 2. The van der Waals surface area contributed by atoms with E-state index in [1.54, 1.807) is 12.1 Å². The molecule has 7 heteroatoms. The van der Waals surface area contributed by atoms with E-state index in [1.165, 1.54) is 24.3 Å². The van der Waals surface area contributed by atoms with Gasteiger partial charge in [-0.05, 0) is 30.3 Å². The highest BCUT2D eigenvalue weighted by atomic mass is 35.5. The molecule has 0 saturated carbocycles. The second-order valence-electron chi connectivity index (χ2n) is 5.28. The lowest BCUT2D eigenvalue weighted by Crippen LogP contribution is -2.30. The highest BCUT2D eigenvalue weighted by Crippen LogP contribution is 2.35. The summed E-state index contributed by atoms with van der Waals surface area (Å²) in [6.45, 7) is 0. The maximum atomic E-state index is 13.5. The monoisotopic (exact) mass is 342 g/mol. The van der Waals surface area contributed by atoms with Crippen LogP contribution in [0, 0.1) is 5.82 Å². The van der Waals surface area contributed by atoms with E-state index >= 15 is 0 Å². The van der Waals surface area contributed by atoms with Gasteiger partial charge >= 0.3 is 0 Å². The van der Waals surface area contributed by atoms with Gasteiger partial charge in [-0.15, -0.1) is 0 Å². The Bertz CT molecular complexity index is 1020. The van der Waals surface area contributed by atoms with Crippen molar-refractivity contribution in [3.63, 3.8) is 0 Å². The lowest BCUT2D eigenvalue weighted by molar-refractivity contribution is 0.0924. The molecule has 0 saturated heterocycles. The Morgan fingerprint density at radius 1 is 1.04 bits per heavy atom. The molecule has 1 aliphatic heterocycles. The Balaban J connectivity index is 1.91. The summed E-state index contributed by atoms with van der Waals surface area (Å²) in [6.07, 6.45) is 0. The van der Waals surface area contributed by atoms with Gasteiger partial charge < -0.3 is 5.11 Å². The van der Waals surface area contributed by atoms with Gasteiger partial charge in [0.2, 0.25) is 0 Å². The van der Waals surface area contributed by atoms with Crippen LogP contribution in [0.1, 0.15) is 20.7 Å². The SMILES string of the molecule is O=C1c2ccccc2C(=O)N1c1nc2cc(Cl)c(F)cc2cc1O. The van der Waals surface area contributed by atoms with Crippen molar-refractivity contribution in [3.8, 4) is 5.75 Å². The number of pyridine rings is 1. The Morgan fingerprint density at radius 3 is 2.29 bits per heavy atom. The molecule has 2 amide bonds. The van der Waals surface area contributed by atoms with Crippen molar-refractivity contribution >= 4 is 40.1 Å². The fraction of sp³-hybridized carbons (Fsp3) is 0. The number of anilines is 1. The van der Waals surface area contributed by atoms with Gasteiger partial charge in [-0.1, -0.05) is 23.7 Å². The van der Waals surface area contributed by atoms with Crippen LogP contribution in [-0.4, -0.2) is 21.9 Å². The first-order valence-corrected chi connectivity index (χ1v) is 7.32. The van der Waals surface area contributed by atoms with Crippen molar-refractivity contribution < 1.29 is 19.1 Å². The number of hydrogen-bond acceptors (Lipinski definition) is 4. The number of carbonyl (C=O) groups excluding carboxylic acids is 2. The molecule has 1 aromatic heterocycles. The molecular formula is C17H8ClFN2O3. The minimum absolute atomic E-state index is 0.144. The predicted molar refractivity (Wildman–Crippen MR) is 86.0 cm³/mol. The molecule has 118 valence electrons. The van der Waals surface area contributed by atoms with E-state index in [2.05, 4.69) is 4.98 Å². The zero-order valence-corrected chi connectivity index (χ0v) is 12.7. The molecule has 1 aliphatic rings. The van der Waals surface area contributed by atoms with Crippen molar-refractivity contribution in [3.05, 3.63) is 64.4 Å². The number of carbonyl (C=O) groups is 2. The largest absolute Gasteiger partial charge is 0.504 e. The van der Waals surface area contributed by atoms with E-state index in [9.17, 15) is 19.1 Å². The summed E-state index contributed by atoms with van der Waals surface area (Å²) in [5.41, 5.74) is 0.729. The van der Waals surface area contributed by atoms with Gasteiger partial charge in [-0.2, -0.15) is 0 Å². The molecule has 4 rings (SSSR count).